The maximum Gasteiger partial charge on any atom is 0.0282 e. The van der Waals surface area contributed by atoms with Crippen molar-refractivity contribution in [1.29, 1.82) is 0 Å². The standard InChI is InChI=1S/C6H9Cl2N/c7-4-1-2-6(9)3-5-8/h2-3,5H,1,4,9H2/b5-3+,6-2+. The van der Waals surface area contributed by atoms with Crippen molar-refractivity contribution in [1.82, 2.24) is 0 Å². The van der Waals surface area contributed by atoms with E-state index in [-0.39, 0.29) is 0 Å². The Hall–Kier alpha value is -0.140. The Morgan fingerprint density at radius 1 is 1.56 bits per heavy atom. The number of nitrogens with two attached hydrogens (primary N) is 1. The van der Waals surface area contributed by atoms with Crippen molar-refractivity contribution >= 4 is 23.2 Å². The molecule has 0 aromatic rings. The fourth-order valence-corrected chi connectivity index (χ4v) is 0.617. The van der Waals surface area contributed by atoms with Crippen molar-refractivity contribution in [2.24, 2.45) is 5.73 Å². The zero-order valence-corrected chi connectivity index (χ0v) is 6.49. The lowest BCUT2D eigenvalue weighted by atomic mass is 10.3. The summed E-state index contributed by atoms with van der Waals surface area (Å²) in [7, 11) is 0. The Morgan fingerprint density at radius 2 is 2.22 bits per heavy atom. The summed E-state index contributed by atoms with van der Waals surface area (Å²) >= 11 is 10.6. The van der Waals surface area contributed by atoms with Gasteiger partial charge >= 0.3 is 0 Å². The first-order valence-corrected chi connectivity index (χ1v) is 3.56. The van der Waals surface area contributed by atoms with E-state index in [1.54, 1.807) is 6.08 Å². The van der Waals surface area contributed by atoms with Crippen LogP contribution in [0.4, 0.5) is 0 Å². The van der Waals surface area contributed by atoms with Crippen LogP contribution in [0.2, 0.25) is 0 Å². The molecule has 0 saturated heterocycles. The number of halogens is 2. The lowest BCUT2D eigenvalue weighted by Gasteiger charge is -1.88. The summed E-state index contributed by atoms with van der Waals surface area (Å²) in [6, 6.07) is 0. The summed E-state index contributed by atoms with van der Waals surface area (Å²) in [5.41, 5.74) is 7.43. The van der Waals surface area contributed by atoms with Crippen LogP contribution in [0.1, 0.15) is 6.42 Å². The number of allylic oxidation sites excluding steroid dienone is 2. The zero-order valence-electron chi connectivity index (χ0n) is 4.98. The third-order valence-corrected chi connectivity index (χ3v) is 1.09. The van der Waals surface area contributed by atoms with E-state index < -0.39 is 0 Å². The number of alkyl halides is 1. The molecule has 0 radical (unpaired) electrons. The van der Waals surface area contributed by atoms with Gasteiger partial charge < -0.3 is 5.73 Å². The predicted molar refractivity (Wildman–Crippen MR) is 42.6 cm³/mol. The molecule has 0 heterocycles. The number of rotatable bonds is 3. The molecule has 0 spiro atoms. The Bertz CT molecular complexity index is 118. The second kappa shape index (κ2) is 5.99. The quantitative estimate of drug-likeness (QED) is 0.504. The SMILES string of the molecule is NC(/C=C/Cl)=C/CCCl. The third kappa shape index (κ3) is 5.74. The molecule has 1 nitrogen and oxygen atoms in total. The molecule has 0 saturated carbocycles. The Balaban J connectivity index is 3.55. The third-order valence-electron chi connectivity index (χ3n) is 0.745. The molecule has 0 aliphatic rings. The van der Waals surface area contributed by atoms with Crippen LogP contribution >= 0.6 is 23.2 Å². The molecule has 2 N–H and O–H groups in total. The van der Waals surface area contributed by atoms with Gasteiger partial charge in [0.25, 0.3) is 0 Å². The zero-order chi connectivity index (χ0) is 7.11. The van der Waals surface area contributed by atoms with Crippen LogP contribution in [-0.2, 0) is 0 Å². The molecule has 0 aliphatic carbocycles. The fourth-order valence-electron chi connectivity index (χ4n) is 0.362. The van der Waals surface area contributed by atoms with Gasteiger partial charge in [0.15, 0.2) is 0 Å². The van der Waals surface area contributed by atoms with Crippen molar-refractivity contribution in [3.05, 3.63) is 23.4 Å². The highest BCUT2D eigenvalue weighted by atomic mass is 35.5. The summed E-state index contributed by atoms with van der Waals surface area (Å²) in [4.78, 5) is 0. The van der Waals surface area contributed by atoms with E-state index >= 15 is 0 Å². The van der Waals surface area contributed by atoms with Crippen LogP contribution in [0.25, 0.3) is 0 Å². The largest absolute Gasteiger partial charge is 0.399 e. The summed E-state index contributed by atoms with van der Waals surface area (Å²) < 4.78 is 0. The minimum absolute atomic E-state index is 0.594. The summed E-state index contributed by atoms with van der Waals surface area (Å²) in [6.07, 6.45) is 4.23. The Kier molecular flexibility index (Phi) is 5.89. The fraction of sp³-hybridized carbons (Fsp3) is 0.333. The van der Waals surface area contributed by atoms with Crippen molar-refractivity contribution in [2.45, 2.75) is 6.42 Å². The van der Waals surface area contributed by atoms with Crippen LogP contribution in [0, 0.1) is 0 Å². The minimum atomic E-state index is 0.594. The average molecular weight is 166 g/mol. The molecule has 52 valence electrons. The molecule has 0 aliphatic heterocycles. The Labute approximate surface area is 65.1 Å². The molecule has 0 aromatic carbocycles. The average Bonchev–Trinajstić information content (AvgIpc) is 1.85. The van der Waals surface area contributed by atoms with Crippen LogP contribution < -0.4 is 5.73 Å². The topological polar surface area (TPSA) is 26.0 Å². The molecular weight excluding hydrogens is 157 g/mol. The second-order valence-corrected chi connectivity index (χ2v) is 2.10. The van der Waals surface area contributed by atoms with Gasteiger partial charge in [-0.05, 0) is 12.5 Å². The van der Waals surface area contributed by atoms with Crippen LogP contribution in [0.3, 0.4) is 0 Å². The normalized spacial score (nSPS) is 12.9. The van der Waals surface area contributed by atoms with Gasteiger partial charge in [0.2, 0.25) is 0 Å². The van der Waals surface area contributed by atoms with E-state index in [9.17, 15) is 0 Å². The van der Waals surface area contributed by atoms with Crippen LogP contribution in [0.5, 0.6) is 0 Å². The molecule has 0 aromatic heterocycles. The molecule has 0 bridgehead atoms. The van der Waals surface area contributed by atoms with Crippen molar-refractivity contribution in [3.63, 3.8) is 0 Å². The molecular formula is C6H9Cl2N. The smallest absolute Gasteiger partial charge is 0.0282 e. The molecule has 0 amide bonds. The van der Waals surface area contributed by atoms with Gasteiger partial charge in [-0.25, -0.2) is 0 Å². The van der Waals surface area contributed by atoms with Gasteiger partial charge in [-0.2, -0.15) is 0 Å². The van der Waals surface area contributed by atoms with E-state index in [2.05, 4.69) is 0 Å². The highest BCUT2D eigenvalue weighted by Crippen LogP contribution is 1.93. The molecule has 9 heavy (non-hydrogen) atoms. The molecule has 3 heteroatoms. The summed E-state index contributed by atoms with van der Waals surface area (Å²) in [5, 5.41) is 0. The lowest BCUT2D eigenvalue weighted by molar-refractivity contribution is 1.19. The van der Waals surface area contributed by atoms with Crippen molar-refractivity contribution in [2.75, 3.05) is 5.88 Å². The van der Waals surface area contributed by atoms with Gasteiger partial charge in [-0.1, -0.05) is 17.7 Å². The molecule has 0 atom stereocenters. The monoisotopic (exact) mass is 165 g/mol. The van der Waals surface area contributed by atoms with E-state index in [1.807, 2.05) is 6.08 Å². The molecule has 0 rings (SSSR count). The molecule has 0 fully saturated rings. The van der Waals surface area contributed by atoms with Gasteiger partial charge in [0, 0.05) is 17.1 Å². The maximum atomic E-state index is 5.40. The van der Waals surface area contributed by atoms with Gasteiger partial charge in [0.05, 0.1) is 0 Å². The summed E-state index contributed by atoms with van der Waals surface area (Å²) in [6.45, 7) is 0. The van der Waals surface area contributed by atoms with Crippen LogP contribution in [0.15, 0.2) is 23.4 Å². The minimum Gasteiger partial charge on any atom is -0.399 e. The number of hydrogen-bond donors (Lipinski definition) is 1. The van der Waals surface area contributed by atoms with Crippen molar-refractivity contribution in [3.8, 4) is 0 Å². The van der Waals surface area contributed by atoms with E-state index in [0.29, 0.717) is 11.6 Å². The maximum absolute atomic E-state index is 5.40. The van der Waals surface area contributed by atoms with Crippen LogP contribution in [-0.4, -0.2) is 5.88 Å². The van der Waals surface area contributed by atoms with Gasteiger partial charge in [-0.3, -0.25) is 0 Å². The highest BCUT2D eigenvalue weighted by molar-refractivity contribution is 6.25. The molecule has 0 unspecified atom stereocenters. The van der Waals surface area contributed by atoms with Crippen molar-refractivity contribution < 1.29 is 0 Å². The first-order valence-electron chi connectivity index (χ1n) is 2.59. The second-order valence-electron chi connectivity index (χ2n) is 1.47. The summed E-state index contributed by atoms with van der Waals surface area (Å²) in [5.74, 6) is 0.594. The first-order chi connectivity index (χ1) is 4.31. The van der Waals surface area contributed by atoms with Gasteiger partial charge in [0.1, 0.15) is 0 Å². The lowest BCUT2D eigenvalue weighted by Crippen LogP contribution is -1.91. The van der Waals surface area contributed by atoms with E-state index in [1.165, 1.54) is 5.54 Å². The Morgan fingerprint density at radius 3 is 2.67 bits per heavy atom. The van der Waals surface area contributed by atoms with Gasteiger partial charge in [-0.15, -0.1) is 11.6 Å². The number of hydrogen-bond acceptors (Lipinski definition) is 1. The predicted octanol–water partition coefficient (Wildman–Crippen LogP) is 2.21. The highest BCUT2D eigenvalue weighted by Gasteiger charge is 1.79. The van der Waals surface area contributed by atoms with E-state index in [4.69, 9.17) is 28.9 Å². The first kappa shape index (κ1) is 8.86. The van der Waals surface area contributed by atoms with E-state index in [0.717, 1.165) is 6.42 Å².